The standard InChI is InChI=1S/C11H15FO3/c1-15-8-11(6-13,7-14)9-3-2-4-10(12)5-9/h2-5,13-14H,6-8H2,1H3. The molecule has 0 bridgehead atoms. The van der Waals surface area contributed by atoms with E-state index in [4.69, 9.17) is 4.74 Å². The monoisotopic (exact) mass is 214 g/mol. The Morgan fingerprint density at radius 1 is 1.33 bits per heavy atom. The molecule has 0 atom stereocenters. The Kier molecular flexibility index (Phi) is 4.20. The number of rotatable bonds is 5. The van der Waals surface area contributed by atoms with Crippen molar-refractivity contribution in [2.45, 2.75) is 5.41 Å². The maximum atomic E-state index is 13.0. The Hall–Kier alpha value is -0.970. The van der Waals surface area contributed by atoms with Crippen LogP contribution in [0.25, 0.3) is 0 Å². The first-order chi connectivity index (χ1) is 7.18. The van der Waals surface area contributed by atoms with E-state index >= 15 is 0 Å². The molecule has 0 spiro atoms. The summed E-state index contributed by atoms with van der Waals surface area (Å²) >= 11 is 0. The quantitative estimate of drug-likeness (QED) is 0.758. The van der Waals surface area contributed by atoms with Gasteiger partial charge in [0.25, 0.3) is 0 Å². The molecule has 0 saturated carbocycles. The summed E-state index contributed by atoms with van der Waals surface area (Å²) in [4.78, 5) is 0. The smallest absolute Gasteiger partial charge is 0.123 e. The molecule has 0 fully saturated rings. The van der Waals surface area contributed by atoms with E-state index < -0.39 is 11.2 Å². The van der Waals surface area contributed by atoms with Gasteiger partial charge in [-0.25, -0.2) is 4.39 Å². The molecule has 0 saturated heterocycles. The van der Waals surface area contributed by atoms with Gasteiger partial charge < -0.3 is 14.9 Å². The van der Waals surface area contributed by atoms with Gasteiger partial charge in [0, 0.05) is 7.11 Å². The second kappa shape index (κ2) is 5.21. The number of hydrogen-bond donors (Lipinski definition) is 2. The minimum absolute atomic E-state index is 0.142. The molecule has 3 nitrogen and oxygen atoms in total. The zero-order valence-corrected chi connectivity index (χ0v) is 8.61. The Morgan fingerprint density at radius 2 is 2.00 bits per heavy atom. The van der Waals surface area contributed by atoms with Gasteiger partial charge in [-0.2, -0.15) is 0 Å². The third kappa shape index (κ3) is 2.53. The average molecular weight is 214 g/mol. The topological polar surface area (TPSA) is 49.7 Å². The zero-order chi connectivity index (χ0) is 11.3. The number of ether oxygens (including phenoxy) is 1. The van der Waals surface area contributed by atoms with E-state index in [0.717, 1.165) is 0 Å². The third-order valence-corrected chi connectivity index (χ3v) is 2.46. The van der Waals surface area contributed by atoms with Gasteiger partial charge in [0.05, 0.1) is 25.2 Å². The molecule has 0 aliphatic heterocycles. The summed E-state index contributed by atoms with van der Waals surface area (Å²) in [5.74, 6) is -0.394. The highest BCUT2D eigenvalue weighted by Crippen LogP contribution is 2.24. The summed E-state index contributed by atoms with van der Waals surface area (Å²) < 4.78 is 17.9. The molecule has 0 aliphatic carbocycles. The molecule has 0 heterocycles. The predicted octanol–water partition coefficient (Wildman–Crippen LogP) is 0.694. The van der Waals surface area contributed by atoms with Gasteiger partial charge in [0.2, 0.25) is 0 Å². The van der Waals surface area contributed by atoms with Gasteiger partial charge in [-0.05, 0) is 17.7 Å². The summed E-state index contributed by atoms with van der Waals surface area (Å²) in [6, 6.07) is 5.82. The van der Waals surface area contributed by atoms with Gasteiger partial charge in [0.15, 0.2) is 0 Å². The SMILES string of the molecule is COCC(CO)(CO)c1cccc(F)c1. The average Bonchev–Trinajstić information content (AvgIpc) is 2.26. The lowest BCUT2D eigenvalue weighted by atomic mass is 9.83. The molecular weight excluding hydrogens is 199 g/mol. The third-order valence-electron chi connectivity index (χ3n) is 2.46. The Balaban J connectivity index is 3.07. The molecule has 0 amide bonds. The molecule has 1 aromatic carbocycles. The Morgan fingerprint density at radius 3 is 2.47 bits per heavy atom. The number of benzene rings is 1. The summed E-state index contributed by atoms with van der Waals surface area (Å²) in [6.45, 7) is -0.439. The van der Waals surface area contributed by atoms with Crippen LogP contribution >= 0.6 is 0 Å². The van der Waals surface area contributed by atoms with Crippen LogP contribution in [0.5, 0.6) is 0 Å². The fourth-order valence-electron chi connectivity index (χ4n) is 1.50. The fraction of sp³-hybridized carbons (Fsp3) is 0.455. The molecule has 0 unspecified atom stereocenters. The van der Waals surface area contributed by atoms with Crippen molar-refractivity contribution in [3.8, 4) is 0 Å². The number of aliphatic hydroxyl groups excluding tert-OH is 2. The Bertz CT molecular complexity index is 310. The van der Waals surface area contributed by atoms with Crippen LogP contribution in [0.15, 0.2) is 24.3 Å². The molecule has 1 rings (SSSR count). The van der Waals surface area contributed by atoms with Crippen molar-refractivity contribution >= 4 is 0 Å². The normalized spacial score (nSPS) is 11.7. The highest BCUT2D eigenvalue weighted by atomic mass is 19.1. The van der Waals surface area contributed by atoms with Crippen LogP contribution in [0.1, 0.15) is 5.56 Å². The minimum atomic E-state index is -0.934. The van der Waals surface area contributed by atoms with Crippen LogP contribution in [-0.4, -0.2) is 37.1 Å². The number of aliphatic hydroxyl groups is 2. The van der Waals surface area contributed by atoms with Gasteiger partial charge in [-0.1, -0.05) is 12.1 Å². The zero-order valence-electron chi connectivity index (χ0n) is 8.61. The Labute approximate surface area is 88.1 Å². The van der Waals surface area contributed by atoms with Crippen molar-refractivity contribution in [3.05, 3.63) is 35.6 Å². The number of methoxy groups -OCH3 is 1. The van der Waals surface area contributed by atoms with Crippen molar-refractivity contribution in [3.63, 3.8) is 0 Å². The van der Waals surface area contributed by atoms with E-state index in [0.29, 0.717) is 5.56 Å². The van der Waals surface area contributed by atoms with E-state index in [1.165, 1.54) is 19.2 Å². The highest BCUT2D eigenvalue weighted by Gasteiger charge is 2.31. The molecule has 0 radical (unpaired) electrons. The first kappa shape index (κ1) is 12.1. The molecule has 84 valence electrons. The van der Waals surface area contributed by atoms with Gasteiger partial charge in [0.1, 0.15) is 5.82 Å². The second-order valence-electron chi connectivity index (χ2n) is 3.54. The van der Waals surface area contributed by atoms with Crippen molar-refractivity contribution in [1.82, 2.24) is 0 Å². The van der Waals surface area contributed by atoms with E-state index in [9.17, 15) is 14.6 Å². The van der Waals surface area contributed by atoms with Gasteiger partial charge in [-0.15, -0.1) is 0 Å². The van der Waals surface area contributed by atoms with Crippen LogP contribution in [0.4, 0.5) is 4.39 Å². The van der Waals surface area contributed by atoms with E-state index in [1.807, 2.05) is 0 Å². The van der Waals surface area contributed by atoms with Crippen LogP contribution in [-0.2, 0) is 10.2 Å². The second-order valence-corrected chi connectivity index (χ2v) is 3.54. The summed E-state index contributed by atoms with van der Waals surface area (Å²) in [5.41, 5.74) is -0.397. The van der Waals surface area contributed by atoms with Crippen LogP contribution in [0.3, 0.4) is 0 Å². The molecule has 1 aromatic rings. The maximum Gasteiger partial charge on any atom is 0.123 e. The minimum Gasteiger partial charge on any atom is -0.395 e. The van der Waals surface area contributed by atoms with E-state index in [2.05, 4.69) is 0 Å². The molecule has 0 aromatic heterocycles. The van der Waals surface area contributed by atoms with E-state index in [-0.39, 0.29) is 19.8 Å². The van der Waals surface area contributed by atoms with Crippen molar-refractivity contribution < 1.29 is 19.3 Å². The van der Waals surface area contributed by atoms with Crippen molar-refractivity contribution in [2.24, 2.45) is 0 Å². The molecule has 2 N–H and O–H groups in total. The van der Waals surface area contributed by atoms with Gasteiger partial charge >= 0.3 is 0 Å². The summed E-state index contributed by atoms with van der Waals surface area (Å²) in [7, 11) is 1.47. The first-order valence-electron chi connectivity index (χ1n) is 4.65. The molecular formula is C11H15FO3. The molecule has 0 aliphatic rings. The van der Waals surface area contributed by atoms with Crippen LogP contribution < -0.4 is 0 Å². The highest BCUT2D eigenvalue weighted by molar-refractivity contribution is 5.26. The van der Waals surface area contributed by atoms with Crippen LogP contribution in [0, 0.1) is 5.82 Å². The summed E-state index contributed by atoms with van der Waals surface area (Å²) in [6.07, 6.45) is 0. The van der Waals surface area contributed by atoms with Gasteiger partial charge in [-0.3, -0.25) is 0 Å². The number of hydrogen-bond acceptors (Lipinski definition) is 3. The summed E-state index contributed by atoms with van der Waals surface area (Å²) in [5, 5.41) is 18.6. The van der Waals surface area contributed by atoms with Crippen LogP contribution in [0.2, 0.25) is 0 Å². The van der Waals surface area contributed by atoms with Crippen molar-refractivity contribution in [2.75, 3.05) is 26.9 Å². The number of halogens is 1. The molecule has 15 heavy (non-hydrogen) atoms. The first-order valence-corrected chi connectivity index (χ1v) is 4.65. The lowest BCUT2D eigenvalue weighted by Gasteiger charge is -2.29. The lowest BCUT2D eigenvalue weighted by Crippen LogP contribution is -2.39. The fourth-order valence-corrected chi connectivity index (χ4v) is 1.50. The van der Waals surface area contributed by atoms with Crippen molar-refractivity contribution in [1.29, 1.82) is 0 Å². The largest absolute Gasteiger partial charge is 0.395 e. The van der Waals surface area contributed by atoms with E-state index in [1.54, 1.807) is 12.1 Å². The predicted molar refractivity (Wildman–Crippen MR) is 54.1 cm³/mol. The molecule has 4 heteroatoms. The lowest BCUT2D eigenvalue weighted by molar-refractivity contribution is 0.0417. The maximum absolute atomic E-state index is 13.0.